The van der Waals surface area contributed by atoms with Gasteiger partial charge in [0.1, 0.15) is 0 Å². The molecular formula is C11H10BrN5O2. The topological polar surface area (TPSA) is 130 Å². The molecule has 0 unspecified atom stereocenters. The van der Waals surface area contributed by atoms with E-state index in [0.717, 1.165) is 0 Å². The van der Waals surface area contributed by atoms with Gasteiger partial charge in [-0.1, -0.05) is 0 Å². The molecular weight excluding hydrogens is 314 g/mol. The number of hydrogen-bond donors (Lipinski definition) is 3. The van der Waals surface area contributed by atoms with Crippen LogP contribution in [-0.4, -0.2) is 21.6 Å². The molecule has 0 saturated carbocycles. The van der Waals surface area contributed by atoms with Crippen molar-refractivity contribution < 1.29 is 9.59 Å². The number of nitrogens with zero attached hydrogens (tertiary/aromatic N) is 2. The standard InChI is InChI=1S/C11H10BrN5O2/c12-6-3-5(10(14)18)1-2-8(6)17-4-7(13)9(16-17)11(15)19/h1-4H,13H2,(H2,14,18)(H2,15,19). The second-order valence-corrected chi connectivity index (χ2v) is 4.63. The molecule has 2 amide bonds. The highest BCUT2D eigenvalue weighted by atomic mass is 79.9. The Morgan fingerprint density at radius 3 is 2.37 bits per heavy atom. The number of carbonyl (C=O) groups excluding carboxylic acids is 2. The Morgan fingerprint density at radius 2 is 1.89 bits per heavy atom. The van der Waals surface area contributed by atoms with Gasteiger partial charge in [-0.05, 0) is 34.1 Å². The van der Waals surface area contributed by atoms with Gasteiger partial charge in [0.2, 0.25) is 5.91 Å². The Morgan fingerprint density at radius 1 is 1.21 bits per heavy atom. The van der Waals surface area contributed by atoms with E-state index in [4.69, 9.17) is 17.2 Å². The molecule has 2 aromatic rings. The summed E-state index contributed by atoms with van der Waals surface area (Å²) in [5.41, 5.74) is 17.1. The average molecular weight is 324 g/mol. The first kappa shape index (κ1) is 13.1. The molecule has 7 nitrogen and oxygen atoms in total. The zero-order valence-electron chi connectivity index (χ0n) is 9.63. The molecule has 1 aromatic carbocycles. The lowest BCUT2D eigenvalue weighted by atomic mass is 10.2. The highest BCUT2D eigenvalue weighted by Crippen LogP contribution is 2.23. The van der Waals surface area contributed by atoms with E-state index in [1.54, 1.807) is 18.2 Å². The predicted octanol–water partition coefficient (Wildman–Crippen LogP) is 0.415. The molecule has 2 rings (SSSR count). The maximum Gasteiger partial charge on any atom is 0.271 e. The van der Waals surface area contributed by atoms with Crippen LogP contribution in [0.4, 0.5) is 5.69 Å². The maximum atomic E-state index is 11.1. The lowest BCUT2D eigenvalue weighted by molar-refractivity contribution is 0.0989. The number of benzene rings is 1. The van der Waals surface area contributed by atoms with Gasteiger partial charge in [0.15, 0.2) is 5.69 Å². The van der Waals surface area contributed by atoms with E-state index in [-0.39, 0.29) is 11.4 Å². The lowest BCUT2D eigenvalue weighted by Crippen LogP contribution is -2.14. The SMILES string of the molecule is NC(=O)c1ccc(-n2cc(N)c(C(N)=O)n2)c(Br)c1. The normalized spacial score (nSPS) is 10.4. The van der Waals surface area contributed by atoms with Crippen molar-refractivity contribution in [2.75, 3.05) is 5.73 Å². The maximum absolute atomic E-state index is 11.1. The van der Waals surface area contributed by atoms with Crippen LogP contribution < -0.4 is 17.2 Å². The molecule has 1 aromatic heterocycles. The van der Waals surface area contributed by atoms with Gasteiger partial charge in [-0.25, -0.2) is 4.68 Å². The van der Waals surface area contributed by atoms with Crippen molar-refractivity contribution in [3.63, 3.8) is 0 Å². The van der Waals surface area contributed by atoms with Gasteiger partial charge < -0.3 is 17.2 Å². The minimum atomic E-state index is -0.707. The Labute approximate surface area is 116 Å². The van der Waals surface area contributed by atoms with E-state index in [1.807, 2.05) is 0 Å². The van der Waals surface area contributed by atoms with Crippen LogP contribution in [0.2, 0.25) is 0 Å². The molecule has 98 valence electrons. The highest BCUT2D eigenvalue weighted by Gasteiger charge is 2.14. The number of amides is 2. The number of aromatic nitrogens is 2. The number of nitrogens with two attached hydrogens (primary N) is 3. The number of primary amides is 2. The van der Waals surface area contributed by atoms with Gasteiger partial charge in [0, 0.05) is 10.0 Å². The summed E-state index contributed by atoms with van der Waals surface area (Å²) >= 11 is 3.30. The van der Waals surface area contributed by atoms with Crippen LogP contribution in [0.5, 0.6) is 0 Å². The number of anilines is 1. The Balaban J connectivity index is 2.50. The molecule has 0 aliphatic heterocycles. The van der Waals surface area contributed by atoms with E-state index in [9.17, 15) is 9.59 Å². The molecule has 19 heavy (non-hydrogen) atoms. The quantitative estimate of drug-likeness (QED) is 0.755. The van der Waals surface area contributed by atoms with Crippen molar-refractivity contribution >= 4 is 33.4 Å². The Hall–Kier alpha value is -2.35. The van der Waals surface area contributed by atoms with Gasteiger partial charge in [-0.3, -0.25) is 9.59 Å². The van der Waals surface area contributed by atoms with Crippen molar-refractivity contribution in [3.8, 4) is 5.69 Å². The first-order valence-electron chi connectivity index (χ1n) is 5.15. The van der Waals surface area contributed by atoms with E-state index in [0.29, 0.717) is 15.7 Å². The van der Waals surface area contributed by atoms with Gasteiger partial charge in [-0.15, -0.1) is 0 Å². The summed E-state index contributed by atoms with van der Waals surface area (Å²) in [6.45, 7) is 0. The van der Waals surface area contributed by atoms with Crippen LogP contribution in [0.25, 0.3) is 5.69 Å². The predicted molar refractivity (Wildman–Crippen MR) is 72.7 cm³/mol. The molecule has 0 spiro atoms. The zero-order chi connectivity index (χ0) is 14.2. The molecule has 0 radical (unpaired) electrons. The third-order valence-electron chi connectivity index (χ3n) is 2.45. The van der Waals surface area contributed by atoms with Crippen LogP contribution in [-0.2, 0) is 0 Å². The van der Waals surface area contributed by atoms with Crippen molar-refractivity contribution in [1.82, 2.24) is 9.78 Å². The van der Waals surface area contributed by atoms with E-state index in [1.165, 1.54) is 10.9 Å². The number of nitrogen functional groups attached to an aromatic ring is 1. The number of halogens is 1. The van der Waals surface area contributed by atoms with E-state index < -0.39 is 11.8 Å². The van der Waals surface area contributed by atoms with Crippen molar-refractivity contribution in [1.29, 1.82) is 0 Å². The summed E-state index contributed by atoms with van der Waals surface area (Å²) in [4.78, 5) is 22.1. The average Bonchev–Trinajstić information content (AvgIpc) is 2.71. The zero-order valence-corrected chi connectivity index (χ0v) is 11.2. The molecule has 0 bridgehead atoms. The summed E-state index contributed by atoms with van der Waals surface area (Å²) < 4.78 is 1.98. The first-order chi connectivity index (χ1) is 8.90. The smallest absolute Gasteiger partial charge is 0.271 e. The first-order valence-corrected chi connectivity index (χ1v) is 5.94. The molecule has 1 heterocycles. The number of rotatable bonds is 3. The van der Waals surface area contributed by atoms with Crippen LogP contribution in [0.3, 0.4) is 0 Å². The largest absolute Gasteiger partial charge is 0.396 e. The fourth-order valence-electron chi connectivity index (χ4n) is 1.55. The van der Waals surface area contributed by atoms with Crippen LogP contribution in [0.15, 0.2) is 28.9 Å². The molecule has 6 N–H and O–H groups in total. The van der Waals surface area contributed by atoms with Crippen LogP contribution in [0, 0.1) is 0 Å². The van der Waals surface area contributed by atoms with Gasteiger partial charge >= 0.3 is 0 Å². The molecule has 0 fully saturated rings. The van der Waals surface area contributed by atoms with Gasteiger partial charge in [0.25, 0.3) is 5.91 Å². The van der Waals surface area contributed by atoms with Crippen molar-refractivity contribution in [2.45, 2.75) is 0 Å². The van der Waals surface area contributed by atoms with E-state index in [2.05, 4.69) is 21.0 Å². The monoisotopic (exact) mass is 323 g/mol. The Bertz CT molecular complexity index is 680. The number of hydrogen-bond acceptors (Lipinski definition) is 4. The molecule has 0 saturated heterocycles. The van der Waals surface area contributed by atoms with Crippen molar-refractivity contribution in [3.05, 3.63) is 40.1 Å². The molecule has 0 aliphatic rings. The summed E-state index contributed by atoms with van der Waals surface area (Å²) in [6, 6.07) is 4.73. The summed E-state index contributed by atoms with van der Waals surface area (Å²) in [7, 11) is 0. The highest BCUT2D eigenvalue weighted by molar-refractivity contribution is 9.10. The van der Waals surface area contributed by atoms with Crippen molar-refractivity contribution in [2.24, 2.45) is 11.5 Å². The van der Waals surface area contributed by atoms with Gasteiger partial charge in [-0.2, -0.15) is 5.10 Å². The second-order valence-electron chi connectivity index (χ2n) is 3.77. The third kappa shape index (κ3) is 2.43. The summed E-state index contributed by atoms with van der Waals surface area (Å²) in [6.07, 6.45) is 1.46. The van der Waals surface area contributed by atoms with Crippen LogP contribution in [0.1, 0.15) is 20.8 Å². The van der Waals surface area contributed by atoms with Crippen LogP contribution >= 0.6 is 15.9 Å². The van der Waals surface area contributed by atoms with Gasteiger partial charge in [0.05, 0.1) is 17.6 Å². The second kappa shape index (κ2) is 4.73. The molecule has 0 atom stereocenters. The number of carbonyl (C=O) groups is 2. The summed E-state index contributed by atoms with van der Waals surface area (Å²) in [5, 5.41) is 3.99. The fraction of sp³-hybridized carbons (Fsp3) is 0. The third-order valence-corrected chi connectivity index (χ3v) is 3.09. The fourth-order valence-corrected chi connectivity index (χ4v) is 2.11. The lowest BCUT2D eigenvalue weighted by Gasteiger charge is -2.05. The summed E-state index contributed by atoms with van der Waals surface area (Å²) in [5.74, 6) is -1.24. The van der Waals surface area contributed by atoms with E-state index >= 15 is 0 Å². The molecule has 8 heteroatoms. The minimum Gasteiger partial charge on any atom is -0.396 e. The Kier molecular flexibility index (Phi) is 3.26. The minimum absolute atomic E-state index is 0.00845. The molecule has 0 aliphatic carbocycles.